The van der Waals surface area contributed by atoms with Crippen molar-refractivity contribution in [3.63, 3.8) is 0 Å². The molecule has 0 unspecified atom stereocenters. The number of carbonyl (C=O) groups excluding carboxylic acids is 2. The van der Waals surface area contributed by atoms with Crippen molar-refractivity contribution in [1.82, 2.24) is 15.1 Å². The van der Waals surface area contributed by atoms with Crippen LogP contribution in [0, 0.1) is 17.2 Å². The van der Waals surface area contributed by atoms with Gasteiger partial charge in [0.2, 0.25) is 5.91 Å². The Kier molecular flexibility index (Phi) is 9.18. The molecular formula is C29H36N4O4S. The summed E-state index contributed by atoms with van der Waals surface area (Å²) in [5.41, 5.74) is 2.27. The Morgan fingerprint density at radius 1 is 1.00 bits per heavy atom. The van der Waals surface area contributed by atoms with Gasteiger partial charge in [-0.25, -0.2) is 8.42 Å². The molecule has 1 N–H and O–H groups in total. The van der Waals surface area contributed by atoms with E-state index in [4.69, 9.17) is 0 Å². The number of sulfone groups is 1. The molecular weight excluding hydrogens is 500 g/mol. The normalized spacial score (nSPS) is 17.6. The Balaban J connectivity index is 1.31. The van der Waals surface area contributed by atoms with Gasteiger partial charge in [0.15, 0.2) is 9.84 Å². The van der Waals surface area contributed by atoms with Crippen molar-refractivity contribution in [2.24, 2.45) is 5.92 Å². The molecule has 0 spiro atoms. The Labute approximate surface area is 225 Å². The van der Waals surface area contributed by atoms with E-state index in [0.717, 1.165) is 51.1 Å². The fourth-order valence-corrected chi connectivity index (χ4v) is 6.12. The summed E-state index contributed by atoms with van der Waals surface area (Å²) in [6, 6.07) is 15.3. The molecule has 202 valence electrons. The van der Waals surface area contributed by atoms with Crippen LogP contribution >= 0.6 is 0 Å². The predicted molar refractivity (Wildman–Crippen MR) is 145 cm³/mol. The molecule has 1 saturated heterocycles. The first-order valence-electron chi connectivity index (χ1n) is 13.4. The van der Waals surface area contributed by atoms with Crippen molar-refractivity contribution in [1.29, 1.82) is 5.26 Å². The third kappa shape index (κ3) is 6.80. The van der Waals surface area contributed by atoms with Gasteiger partial charge >= 0.3 is 0 Å². The van der Waals surface area contributed by atoms with Gasteiger partial charge in [0.1, 0.15) is 0 Å². The second kappa shape index (κ2) is 12.5. The van der Waals surface area contributed by atoms with Gasteiger partial charge in [-0.15, -0.1) is 0 Å². The lowest BCUT2D eigenvalue weighted by atomic mass is 10.0. The van der Waals surface area contributed by atoms with Crippen LogP contribution in [0.25, 0.3) is 0 Å². The van der Waals surface area contributed by atoms with Gasteiger partial charge in [0.25, 0.3) is 5.91 Å². The number of amides is 2. The van der Waals surface area contributed by atoms with Crippen LogP contribution in [0.4, 0.5) is 0 Å². The van der Waals surface area contributed by atoms with E-state index >= 15 is 0 Å². The van der Waals surface area contributed by atoms with Crippen LogP contribution in [0.3, 0.4) is 0 Å². The predicted octanol–water partition coefficient (Wildman–Crippen LogP) is 3.70. The van der Waals surface area contributed by atoms with Crippen LogP contribution in [0.2, 0.25) is 0 Å². The van der Waals surface area contributed by atoms with Crippen LogP contribution in [0.1, 0.15) is 66.6 Å². The highest BCUT2D eigenvalue weighted by Gasteiger charge is 2.29. The molecule has 9 heteroatoms. The Morgan fingerprint density at radius 3 is 2.21 bits per heavy atom. The maximum absolute atomic E-state index is 12.9. The quantitative estimate of drug-likeness (QED) is 0.523. The first-order valence-corrected chi connectivity index (χ1v) is 15.1. The first-order chi connectivity index (χ1) is 18.3. The number of nitrogens with one attached hydrogen (secondary N) is 1. The van der Waals surface area contributed by atoms with Crippen LogP contribution in [-0.4, -0.2) is 62.0 Å². The number of carbonyl (C=O) groups is 2. The summed E-state index contributed by atoms with van der Waals surface area (Å²) in [6.45, 7) is 5.57. The molecule has 1 aliphatic heterocycles. The van der Waals surface area contributed by atoms with E-state index in [1.54, 1.807) is 31.2 Å². The van der Waals surface area contributed by atoms with Gasteiger partial charge < -0.3 is 10.2 Å². The molecule has 1 heterocycles. The van der Waals surface area contributed by atoms with E-state index in [1.807, 2.05) is 17.0 Å². The summed E-state index contributed by atoms with van der Waals surface area (Å²) < 4.78 is 24.1. The second-order valence-electron chi connectivity index (χ2n) is 10.1. The van der Waals surface area contributed by atoms with Gasteiger partial charge in [0.05, 0.1) is 29.2 Å². The summed E-state index contributed by atoms with van der Waals surface area (Å²) in [5.74, 6) is 0.275. The molecule has 38 heavy (non-hydrogen) atoms. The third-order valence-electron chi connectivity index (χ3n) is 7.63. The van der Waals surface area contributed by atoms with Crippen molar-refractivity contribution in [3.05, 3.63) is 65.2 Å². The largest absolute Gasteiger partial charge is 0.344 e. The molecule has 2 aromatic rings. The number of nitrogens with zero attached hydrogens (tertiary/aromatic N) is 3. The zero-order valence-electron chi connectivity index (χ0n) is 21.9. The molecule has 1 aliphatic carbocycles. The van der Waals surface area contributed by atoms with Gasteiger partial charge in [-0.1, -0.05) is 44.0 Å². The summed E-state index contributed by atoms with van der Waals surface area (Å²) in [6.07, 6.45) is 4.47. The van der Waals surface area contributed by atoms with Gasteiger partial charge in [-0.2, -0.15) is 5.26 Å². The minimum atomic E-state index is -3.32. The minimum absolute atomic E-state index is 0.0109. The summed E-state index contributed by atoms with van der Waals surface area (Å²) in [7, 11) is -3.32. The number of piperazine rings is 1. The molecule has 0 radical (unpaired) electrons. The monoisotopic (exact) mass is 536 g/mol. The van der Waals surface area contributed by atoms with E-state index in [-0.39, 0.29) is 28.9 Å². The highest BCUT2D eigenvalue weighted by atomic mass is 32.2. The van der Waals surface area contributed by atoms with Crippen LogP contribution in [0.15, 0.2) is 53.4 Å². The summed E-state index contributed by atoms with van der Waals surface area (Å²) in [4.78, 5) is 30.2. The van der Waals surface area contributed by atoms with Crippen molar-refractivity contribution >= 4 is 21.7 Å². The average molecular weight is 537 g/mol. The molecule has 4 rings (SSSR count). The molecule has 2 aromatic carbocycles. The lowest BCUT2D eigenvalue weighted by Gasteiger charge is -2.36. The highest BCUT2D eigenvalue weighted by Crippen LogP contribution is 2.27. The molecule has 0 aromatic heterocycles. The number of rotatable bonds is 9. The molecule has 1 saturated carbocycles. The van der Waals surface area contributed by atoms with Gasteiger partial charge in [0, 0.05) is 44.2 Å². The van der Waals surface area contributed by atoms with Crippen LogP contribution < -0.4 is 5.32 Å². The van der Waals surface area contributed by atoms with Crippen molar-refractivity contribution in [2.75, 3.05) is 31.9 Å². The number of hydrogen-bond donors (Lipinski definition) is 1. The maximum atomic E-state index is 12.9. The van der Waals surface area contributed by atoms with E-state index in [1.165, 1.54) is 25.0 Å². The minimum Gasteiger partial charge on any atom is -0.344 e. The summed E-state index contributed by atoms with van der Waals surface area (Å²) in [5, 5.41) is 12.2. The molecule has 8 nitrogen and oxygen atoms in total. The molecule has 2 aliphatic rings. The van der Waals surface area contributed by atoms with Crippen LogP contribution in [-0.2, 0) is 21.2 Å². The van der Waals surface area contributed by atoms with E-state index in [9.17, 15) is 23.3 Å². The number of hydrogen-bond acceptors (Lipinski definition) is 6. The van der Waals surface area contributed by atoms with Crippen molar-refractivity contribution in [3.8, 4) is 6.07 Å². The van der Waals surface area contributed by atoms with E-state index < -0.39 is 15.9 Å². The number of nitriles is 1. The molecule has 2 fully saturated rings. The lowest BCUT2D eigenvalue weighted by molar-refractivity contribution is -0.137. The van der Waals surface area contributed by atoms with Gasteiger partial charge in [-0.05, 0) is 48.2 Å². The SMILES string of the molecule is CCS(=O)(=O)c1ccc([C@H](CC#N)NC(=O)c2ccc(CN3CCN(C(=O)C4CCCC4)CC3)cc2)cc1. The third-order valence-corrected chi connectivity index (χ3v) is 9.38. The fraction of sp³-hybridized carbons (Fsp3) is 0.483. The highest BCUT2D eigenvalue weighted by molar-refractivity contribution is 7.91. The zero-order valence-corrected chi connectivity index (χ0v) is 22.8. The smallest absolute Gasteiger partial charge is 0.251 e. The Bertz CT molecular complexity index is 1260. The Hall–Kier alpha value is -3.22. The first kappa shape index (κ1) is 27.8. The second-order valence-corrected chi connectivity index (χ2v) is 12.4. The standard InChI is InChI=1S/C29H36N4O4S/c1-2-38(36,37)26-13-11-23(12-14-26)27(15-16-30)31-28(34)24-9-7-22(8-10-24)21-32-17-19-33(20-18-32)29(35)25-5-3-4-6-25/h7-14,25,27H,2-6,15,17-21H2,1H3,(H,31,34)/t27-/m0/s1. The fourth-order valence-electron chi connectivity index (χ4n) is 5.24. The Morgan fingerprint density at radius 2 is 1.63 bits per heavy atom. The maximum Gasteiger partial charge on any atom is 0.251 e. The topological polar surface area (TPSA) is 111 Å². The summed E-state index contributed by atoms with van der Waals surface area (Å²) >= 11 is 0. The zero-order chi connectivity index (χ0) is 27.1. The molecule has 2 amide bonds. The van der Waals surface area contributed by atoms with Gasteiger partial charge in [-0.3, -0.25) is 14.5 Å². The number of benzene rings is 2. The average Bonchev–Trinajstić information content (AvgIpc) is 3.48. The van der Waals surface area contributed by atoms with Crippen molar-refractivity contribution in [2.45, 2.75) is 56.5 Å². The lowest BCUT2D eigenvalue weighted by Crippen LogP contribution is -2.49. The molecule has 1 atom stereocenters. The molecule has 0 bridgehead atoms. The van der Waals surface area contributed by atoms with E-state index in [0.29, 0.717) is 17.0 Å². The van der Waals surface area contributed by atoms with Crippen molar-refractivity contribution < 1.29 is 18.0 Å². The van der Waals surface area contributed by atoms with Crippen LogP contribution in [0.5, 0.6) is 0 Å². The van der Waals surface area contributed by atoms with E-state index in [2.05, 4.69) is 16.3 Å².